The van der Waals surface area contributed by atoms with Crippen LogP contribution in [0.4, 0.5) is 0 Å². The molecular weight excluding hydrogens is 1040 g/mol. The second kappa shape index (κ2) is 16.6. The van der Waals surface area contributed by atoms with Crippen LogP contribution in [0.1, 0.15) is 52.7 Å². The SMILES string of the molecule is CC(C)(C)c1cc(-c2ccc3c(c2)c2ccccc2n3-c2ccccc2)c2c(c1)c1cc3ccccc3c3c4c5c6cc(C(C)(C)C)cc7c8cc9ccccc9c(-c9ccc%10c(c9)c9ccccc9n%10-c9ccccc9)c8n(c5cnc4n2c13)c76. The maximum absolute atomic E-state index is 5.87. The van der Waals surface area contributed by atoms with E-state index in [1.165, 1.54) is 164 Å². The highest BCUT2D eigenvalue weighted by Crippen LogP contribution is 2.53. The molecule has 7 aromatic heterocycles. The minimum atomic E-state index is -0.141. The summed E-state index contributed by atoms with van der Waals surface area (Å²) in [5, 5.41) is 19.9. The Morgan fingerprint density at radius 2 is 0.779 bits per heavy atom. The highest BCUT2D eigenvalue weighted by molar-refractivity contribution is 6.40. The zero-order chi connectivity index (χ0) is 57.2. The van der Waals surface area contributed by atoms with E-state index in [4.69, 9.17) is 4.98 Å². The van der Waals surface area contributed by atoms with E-state index in [0.29, 0.717) is 0 Å². The number of aromatic nitrogens is 5. The summed E-state index contributed by atoms with van der Waals surface area (Å²) in [4.78, 5) is 5.87. The van der Waals surface area contributed by atoms with Crippen LogP contribution in [0, 0.1) is 0 Å². The predicted octanol–water partition coefficient (Wildman–Crippen LogP) is 21.8. The van der Waals surface area contributed by atoms with Crippen LogP contribution in [0.15, 0.2) is 237 Å². The smallest absolute Gasteiger partial charge is 0.146 e. The van der Waals surface area contributed by atoms with Gasteiger partial charge in [0, 0.05) is 87.1 Å². The van der Waals surface area contributed by atoms with Crippen molar-refractivity contribution < 1.29 is 0 Å². The molecule has 0 saturated heterocycles. The Morgan fingerprint density at radius 1 is 0.302 bits per heavy atom. The lowest BCUT2D eigenvalue weighted by molar-refractivity contribution is 0.591. The van der Waals surface area contributed by atoms with Crippen LogP contribution in [0.3, 0.4) is 0 Å². The summed E-state index contributed by atoms with van der Waals surface area (Å²) in [7, 11) is 0. The van der Waals surface area contributed by atoms with Gasteiger partial charge in [0.2, 0.25) is 0 Å². The Bertz CT molecular complexity index is 6130. The summed E-state index contributed by atoms with van der Waals surface area (Å²) >= 11 is 0. The average molecular weight is 1100 g/mol. The fourth-order valence-electron chi connectivity index (χ4n) is 15.5. The highest BCUT2D eigenvalue weighted by atomic mass is 15.0. The molecule has 7 heterocycles. The van der Waals surface area contributed by atoms with Crippen molar-refractivity contribution in [1.29, 1.82) is 0 Å². The molecule has 86 heavy (non-hydrogen) atoms. The largest absolute Gasteiger partial charge is 0.309 e. The van der Waals surface area contributed by atoms with E-state index in [9.17, 15) is 0 Å². The van der Waals surface area contributed by atoms with Gasteiger partial charge in [-0.1, -0.05) is 175 Å². The number of para-hydroxylation sites is 4. The van der Waals surface area contributed by atoms with Crippen molar-refractivity contribution in [3.8, 4) is 33.6 Å². The Balaban J connectivity index is 0.972. The molecule has 19 aromatic rings. The quantitative estimate of drug-likeness (QED) is 0.173. The number of nitrogens with zero attached hydrogens (tertiary/aromatic N) is 5. The van der Waals surface area contributed by atoms with Crippen LogP contribution < -0.4 is 0 Å². The van der Waals surface area contributed by atoms with Crippen LogP contribution in [-0.4, -0.2) is 22.9 Å². The second-order valence-corrected chi connectivity index (χ2v) is 26.3. The van der Waals surface area contributed by atoms with Gasteiger partial charge in [-0.25, -0.2) is 4.98 Å². The number of fused-ring (bicyclic) bond motifs is 22. The van der Waals surface area contributed by atoms with Gasteiger partial charge in [-0.05, 0) is 152 Å². The van der Waals surface area contributed by atoms with Gasteiger partial charge in [0.15, 0.2) is 0 Å². The fraction of sp³-hybridized carbons (Fsp3) is 0.0988. The van der Waals surface area contributed by atoms with E-state index >= 15 is 0 Å². The molecule has 0 radical (unpaired) electrons. The number of hydrogen-bond acceptors (Lipinski definition) is 1. The molecule has 0 bridgehead atoms. The van der Waals surface area contributed by atoms with Crippen molar-refractivity contribution in [2.45, 2.75) is 52.4 Å². The summed E-state index contributed by atoms with van der Waals surface area (Å²) in [5.41, 5.74) is 21.3. The maximum atomic E-state index is 5.87. The van der Waals surface area contributed by atoms with Crippen molar-refractivity contribution >= 4 is 141 Å². The molecule has 5 heteroatoms. The Morgan fingerprint density at radius 3 is 1.41 bits per heavy atom. The lowest BCUT2D eigenvalue weighted by Crippen LogP contribution is -2.11. The Hall–Kier alpha value is -10.5. The third kappa shape index (κ3) is 6.26. The molecule has 0 aliphatic heterocycles. The minimum absolute atomic E-state index is 0.123. The fourth-order valence-corrected chi connectivity index (χ4v) is 15.5. The standard InChI is InChI=1S/C81H57N5/c1-80(2,3)50-41-58(48-33-35-68-59(37-48)56-29-17-19-31-66(56)83(68)52-23-9-7-10-24-52)75-63(42-50)62-39-47-22-14-16-28-55(47)73-74-72-65-44-51(81(4,5)6)43-64-61-38-46-21-13-15-27-54(46)71(77(61)85(76(64)65)70(72)45-82-79(74)86(75)78(62)73)49-34-36-69-60(40-49)57-30-18-20-32-67(57)84(69)53-25-11-8-12-26-53/h7-45H,1-6H3. The van der Waals surface area contributed by atoms with Crippen LogP contribution in [0.5, 0.6) is 0 Å². The Kier molecular flexibility index (Phi) is 9.28. The second-order valence-electron chi connectivity index (χ2n) is 26.3. The molecular formula is C81H57N5. The van der Waals surface area contributed by atoms with Gasteiger partial charge in [0.25, 0.3) is 0 Å². The van der Waals surface area contributed by atoms with E-state index in [1.54, 1.807) is 0 Å². The number of rotatable bonds is 4. The van der Waals surface area contributed by atoms with E-state index in [2.05, 4.69) is 296 Å². The van der Waals surface area contributed by atoms with E-state index in [-0.39, 0.29) is 10.8 Å². The zero-order valence-corrected chi connectivity index (χ0v) is 48.8. The van der Waals surface area contributed by atoms with Crippen LogP contribution in [-0.2, 0) is 10.8 Å². The van der Waals surface area contributed by atoms with Gasteiger partial charge in [0.1, 0.15) is 5.65 Å². The van der Waals surface area contributed by atoms with Crippen LogP contribution in [0.25, 0.3) is 175 Å². The van der Waals surface area contributed by atoms with E-state index in [0.717, 1.165) is 22.5 Å². The van der Waals surface area contributed by atoms with Crippen molar-refractivity contribution in [3.05, 3.63) is 248 Å². The molecule has 19 rings (SSSR count). The van der Waals surface area contributed by atoms with E-state index < -0.39 is 0 Å². The summed E-state index contributed by atoms with van der Waals surface area (Å²) in [6, 6.07) is 86.8. The average Bonchev–Trinajstić information content (AvgIpc) is 1.52. The third-order valence-electron chi connectivity index (χ3n) is 19.5. The zero-order valence-electron chi connectivity index (χ0n) is 48.8. The molecule has 0 spiro atoms. The van der Waals surface area contributed by atoms with E-state index in [1.807, 2.05) is 0 Å². The molecule has 406 valence electrons. The molecule has 0 amide bonds. The number of hydrogen-bond donors (Lipinski definition) is 0. The highest BCUT2D eigenvalue weighted by Gasteiger charge is 2.32. The van der Waals surface area contributed by atoms with Crippen molar-refractivity contribution in [3.63, 3.8) is 0 Å². The first-order chi connectivity index (χ1) is 42.0. The van der Waals surface area contributed by atoms with Crippen molar-refractivity contribution in [2.75, 3.05) is 0 Å². The molecule has 0 atom stereocenters. The maximum Gasteiger partial charge on any atom is 0.146 e. The summed E-state index contributed by atoms with van der Waals surface area (Å²) in [5.74, 6) is 0. The first-order valence-electron chi connectivity index (χ1n) is 30.3. The third-order valence-corrected chi connectivity index (χ3v) is 19.5. The van der Waals surface area contributed by atoms with Gasteiger partial charge < -0.3 is 13.5 Å². The molecule has 5 nitrogen and oxygen atoms in total. The topological polar surface area (TPSA) is 31.6 Å². The number of pyridine rings is 1. The lowest BCUT2D eigenvalue weighted by Gasteiger charge is -2.21. The van der Waals surface area contributed by atoms with Crippen molar-refractivity contribution in [1.82, 2.24) is 22.9 Å². The van der Waals surface area contributed by atoms with Gasteiger partial charge in [-0.2, -0.15) is 0 Å². The normalized spacial score (nSPS) is 13.0. The monoisotopic (exact) mass is 1100 g/mol. The molecule has 0 fully saturated rings. The first kappa shape index (κ1) is 47.9. The molecule has 0 saturated carbocycles. The Labute approximate surface area is 495 Å². The van der Waals surface area contributed by atoms with Gasteiger partial charge in [-0.15, -0.1) is 0 Å². The minimum Gasteiger partial charge on any atom is -0.309 e. The summed E-state index contributed by atoms with van der Waals surface area (Å²) in [6.07, 6.45) is 2.22. The molecule has 0 unspecified atom stereocenters. The van der Waals surface area contributed by atoms with Crippen molar-refractivity contribution in [2.24, 2.45) is 0 Å². The predicted molar refractivity (Wildman–Crippen MR) is 366 cm³/mol. The first-order valence-corrected chi connectivity index (χ1v) is 30.3. The number of benzene rings is 12. The lowest BCUT2D eigenvalue weighted by atomic mass is 9.83. The van der Waals surface area contributed by atoms with Gasteiger partial charge in [0.05, 0.1) is 55.8 Å². The van der Waals surface area contributed by atoms with Crippen LogP contribution in [0.2, 0.25) is 0 Å². The van der Waals surface area contributed by atoms with Gasteiger partial charge in [-0.3, -0.25) is 4.40 Å². The molecule has 12 aromatic carbocycles. The summed E-state index contributed by atoms with van der Waals surface area (Å²) < 4.78 is 10.0. The summed E-state index contributed by atoms with van der Waals surface area (Å²) in [6.45, 7) is 14.1. The molecule has 0 N–H and O–H groups in total. The molecule has 0 aliphatic carbocycles. The van der Waals surface area contributed by atoms with Crippen LogP contribution >= 0.6 is 0 Å². The van der Waals surface area contributed by atoms with Gasteiger partial charge >= 0.3 is 0 Å². The molecule has 0 aliphatic rings.